The molecule has 2 amide bonds. The maximum Gasteiger partial charge on any atom is 0.261 e. The normalized spacial score (nSPS) is 15.1. The van der Waals surface area contributed by atoms with Crippen LogP contribution in [0, 0.1) is 34.5 Å². The van der Waals surface area contributed by atoms with Gasteiger partial charge in [0.15, 0.2) is 0 Å². The fourth-order valence-corrected chi connectivity index (χ4v) is 12.3. The van der Waals surface area contributed by atoms with Crippen molar-refractivity contribution in [1.29, 1.82) is 10.5 Å². The quantitative estimate of drug-likeness (QED) is 0.0657. The summed E-state index contributed by atoms with van der Waals surface area (Å²) in [6.07, 6.45) is 18.2. The van der Waals surface area contributed by atoms with Crippen LogP contribution in [0.1, 0.15) is 150 Å². The molecule has 0 fully saturated rings. The summed E-state index contributed by atoms with van der Waals surface area (Å²) in [4.78, 5) is 42.0. The Labute approximate surface area is 362 Å². The number of nitrogens with zero attached hydrogens (tertiary/aromatic N) is 4. The molecule has 0 aliphatic carbocycles. The van der Waals surface area contributed by atoms with Gasteiger partial charge in [0.25, 0.3) is 11.8 Å². The lowest BCUT2D eigenvalue weighted by atomic mass is 9.94. The Balaban J connectivity index is 1.48. The number of hydrogen-bond donors (Lipinski definition) is 0. The Hall–Kier alpha value is -3.80. The number of carbonyl (C=O) groups is 2. The molecule has 6 rings (SSSR count). The van der Waals surface area contributed by atoms with E-state index in [4.69, 9.17) is 0 Å². The molecule has 4 aromatic rings. The first-order chi connectivity index (χ1) is 28.3. The zero-order chi connectivity index (χ0) is 41.0. The maximum absolute atomic E-state index is 15.4. The Kier molecular flexibility index (Phi) is 16.2. The fraction of sp³-hybridized carbons (Fsp3) is 0.500. The summed E-state index contributed by atoms with van der Waals surface area (Å²) in [5.74, 6) is 0.552. The number of fused-ring (bicyclic) bond motifs is 1. The summed E-state index contributed by atoms with van der Waals surface area (Å²) in [7, 11) is 0. The van der Waals surface area contributed by atoms with Crippen molar-refractivity contribution < 1.29 is 9.59 Å². The van der Waals surface area contributed by atoms with Gasteiger partial charge in [0.2, 0.25) is 0 Å². The molecule has 0 saturated heterocycles. The van der Waals surface area contributed by atoms with Crippen LogP contribution >= 0.6 is 45.3 Å². The van der Waals surface area contributed by atoms with Gasteiger partial charge in [-0.05, 0) is 86.1 Å². The molecule has 2 atom stereocenters. The molecule has 2 aliphatic heterocycles. The minimum atomic E-state index is -0.0605. The number of unbranched alkanes of at least 4 members (excludes halogenated alkanes) is 8. The number of hydrogen-bond acceptors (Lipinski definition) is 8. The van der Waals surface area contributed by atoms with Crippen LogP contribution in [0.5, 0.6) is 0 Å². The van der Waals surface area contributed by atoms with E-state index in [-0.39, 0.29) is 11.8 Å². The summed E-state index contributed by atoms with van der Waals surface area (Å²) in [5.41, 5.74) is 2.62. The standard InChI is InChI=1S/C48H58N4O2S4/c1-5-9-13-15-19-33(17-11-7-3)31-51-45(41-27-25-39(57-41)37-23-21-35(29-49)55-37)43-44(47(51)53)46(42-28-26-40(58-42)38-24-22-36(30-50)56-38)52(48(43)54)32-34(18-12-8-4)20-16-14-10-6-2/h21-28,33-34H,5-20,31-32H2,1-4H3. The molecule has 4 aromatic heterocycles. The van der Waals surface area contributed by atoms with Crippen molar-refractivity contribution in [3.63, 3.8) is 0 Å². The van der Waals surface area contributed by atoms with Gasteiger partial charge in [-0.15, -0.1) is 45.3 Å². The Morgan fingerprint density at radius 1 is 0.466 bits per heavy atom. The smallest absolute Gasteiger partial charge is 0.261 e. The molecule has 2 unspecified atom stereocenters. The van der Waals surface area contributed by atoms with E-state index in [0.717, 1.165) is 105 Å². The van der Waals surface area contributed by atoms with Gasteiger partial charge >= 0.3 is 0 Å². The molecule has 6 nitrogen and oxygen atoms in total. The molecule has 0 spiro atoms. The van der Waals surface area contributed by atoms with Gasteiger partial charge in [-0.3, -0.25) is 9.59 Å². The summed E-state index contributed by atoms with van der Waals surface area (Å²) in [5, 5.41) is 19.1. The number of amides is 2. The molecule has 0 radical (unpaired) electrons. The Bertz CT molecular complexity index is 2010. The van der Waals surface area contributed by atoms with Gasteiger partial charge in [-0.2, -0.15) is 10.5 Å². The number of thiophene rings is 4. The van der Waals surface area contributed by atoms with E-state index in [1.165, 1.54) is 61.2 Å². The lowest BCUT2D eigenvalue weighted by Crippen LogP contribution is -2.34. The Morgan fingerprint density at radius 2 is 0.810 bits per heavy atom. The molecule has 0 N–H and O–H groups in total. The van der Waals surface area contributed by atoms with Crippen LogP contribution in [-0.2, 0) is 9.59 Å². The van der Waals surface area contributed by atoms with E-state index in [1.807, 2.05) is 34.1 Å². The minimum Gasteiger partial charge on any atom is -0.306 e. The van der Waals surface area contributed by atoms with Crippen LogP contribution < -0.4 is 0 Å². The average Bonchev–Trinajstić information content (AvgIpc) is 4.10. The van der Waals surface area contributed by atoms with Crippen molar-refractivity contribution in [2.24, 2.45) is 11.8 Å². The Morgan fingerprint density at radius 3 is 1.17 bits per heavy atom. The van der Waals surface area contributed by atoms with E-state index >= 15 is 9.59 Å². The first-order valence-corrected chi connectivity index (χ1v) is 25.0. The second kappa shape index (κ2) is 21.5. The summed E-state index contributed by atoms with van der Waals surface area (Å²) in [6, 6.07) is 20.6. The van der Waals surface area contributed by atoms with Crippen molar-refractivity contribution >= 4 is 68.6 Å². The monoisotopic (exact) mass is 850 g/mol. The third-order valence-electron chi connectivity index (χ3n) is 11.5. The summed E-state index contributed by atoms with van der Waals surface area (Å²) < 4.78 is 0. The van der Waals surface area contributed by atoms with E-state index in [1.54, 1.807) is 22.7 Å². The first-order valence-electron chi connectivity index (χ1n) is 21.7. The molecule has 10 heteroatoms. The highest BCUT2D eigenvalue weighted by molar-refractivity contribution is 7.23. The van der Waals surface area contributed by atoms with E-state index in [9.17, 15) is 10.5 Å². The van der Waals surface area contributed by atoms with Gasteiger partial charge in [-0.25, -0.2) is 0 Å². The highest BCUT2D eigenvalue weighted by Gasteiger charge is 2.50. The SMILES string of the molecule is CCCCCCC(CCCC)CN1C(=O)C2=C(c3ccc(-c4ccc(C#N)s4)s3)N(CC(CCCC)CCCCCC)C(=O)C2=C1c1ccc(-c2ccc(C#N)s2)s1. The van der Waals surface area contributed by atoms with E-state index < -0.39 is 0 Å². The zero-order valence-electron chi connectivity index (χ0n) is 34.7. The van der Waals surface area contributed by atoms with Gasteiger partial charge in [0, 0.05) is 32.6 Å². The van der Waals surface area contributed by atoms with E-state index in [0.29, 0.717) is 45.8 Å². The first kappa shape index (κ1) is 43.8. The van der Waals surface area contributed by atoms with Crippen molar-refractivity contribution in [3.05, 3.63) is 79.2 Å². The predicted molar refractivity (Wildman–Crippen MR) is 246 cm³/mol. The van der Waals surface area contributed by atoms with Crippen LogP contribution in [0.3, 0.4) is 0 Å². The van der Waals surface area contributed by atoms with Crippen LogP contribution in [0.15, 0.2) is 59.7 Å². The minimum absolute atomic E-state index is 0.0605. The van der Waals surface area contributed by atoms with Crippen molar-refractivity contribution in [1.82, 2.24) is 9.80 Å². The molecule has 0 bridgehead atoms. The van der Waals surface area contributed by atoms with E-state index in [2.05, 4.69) is 64.1 Å². The van der Waals surface area contributed by atoms with Crippen molar-refractivity contribution in [2.75, 3.05) is 13.1 Å². The summed E-state index contributed by atoms with van der Waals surface area (Å²) >= 11 is 6.17. The lowest BCUT2D eigenvalue weighted by Gasteiger charge is -2.29. The lowest BCUT2D eigenvalue weighted by molar-refractivity contribution is -0.124. The topological polar surface area (TPSA) is 88.2 Å². The number of carbonyl (C=O) groups excluding carboxylic acids is 2. The summed E-state index contributed by atoms with van der Waals surface area (Å²) in [6.45, 7) is 10.1. The molecule has 0 saturated carbocycles. The predicted octanol–water partition coefficient (Wildman–Crippen LogP) is 14.4. The molecule has 2 aliphatic rings. The second-order valence-corrected chi connectivity index (χ2v) is 20.2. The van der Waals surface area contributed by atoms with Gasteiger partial charge in [0.05, 0.1) is 32.3 Å². The molecular formula is C48H58N4O2S4. The van der Waals surface area contributed by atoms with Gasteiger partial charge < -0.3 is 9.80 Å². The van der Waals surface area contributed by atoms with Gasteiger partial charge in [-0.1, -0.05) is 105 Å². The molecular weight excluding hydrogens is 793 g/mol. The zero-order valence-corrected chi connectivity index (χ0v) is 38.0. The highest BCUT2D eigenvalue weighted by Crippen LogP contribution is 2.51. The third-order valence-corrected chi connectivity index (χ3v) is 16.1. The average molecular weight is 851 g/mol. The van der Waals surface area contributed by atoms with Crippen LogP contribution in [0.2, 0.25) is 0 Å². The van der Waals surface area contributed by atoms with Crippen LogP contribution in [-0.4, -0.2) is 34.7 Å². The fourth-order valence-electron chi connectivity index (χ4n) is 8.39. The third kappa shape index (κ3) is 10.1. The second-order valence-electron chi connectivity index (χ2n) is 15.9. The molecule has 58 heavy (non-hydrogen) atoms. The molecule has 306 valence electrons. The highest BCUT2D eigenvalue weighted by atomic mass is 32.1. The van der Waals surface area contributed by atoms with Crippen LogP contribution in [0.25, 0.3) is 30.9 Å². The van der Waals surface area contributed by atoms with Gasteiger partial charge in [0.1, 0.15) is 21.9 Å². The van der Waals surface area contributed by atoms with Crippen molar-refractivity contribution in [2.45, 2.75) is 130 Å². The van der Waals surface area contributed by atoms with Crippen molar-refractivity contribution in [3.8, 4) is 31.6 Å². The largest absolute Gasteiger partial charge is 0.306 e. The number of nitriles is 2. The van der Waals surface area contributed by atoms with Crippen LogP contribution in [0.4, 0.5) is 0 Å². The number of rotatable bonds is 24. The maximum atomic E-state index is 15.4. The molecule has 6 heterocycles. The molecule has 0 aromatic carbocycles.